The summed E-state index contributed by atoms with van der Waals surface area (Å²) in [4.78, 5) is 0. The Labute approximate surface area is 54.4 Å². The Balaban J connectivity index is 3.54. The van der Waals surface area contributed by atoms with Crippen molar-refractivity contribution in [1.29, 1.82) is 0 Å². The Hall–Kier alpha value is 0.540. The number of hydrogen-bond donors (Lipinski definition) is 0. The maximum atomic E-state index is 5.35. The van der Waals surface area contributed by atoms with Crippen molar-refractivity contribution in [2.24, 2.45) is 0 Å². The zero-order valence-corrected chi connectivity index (χ0v) is 6.22. The first kappa shape index (κ1) is 7.54. The van der Waals surface area contributed by atoms with E-state index in [4.69, 9.17) is 23.6 Å². The lowest BCUT2D eigenvalue weighted by Crippen LogP contribution is -2.25. The molecule has 0 rings (SSSR count). The van der Waals surface area contributed by atoms with Gasteiger partial charge < -0.3 is 0 Å². The minimum atomic E-state index is -0.136. The molecule has 0 heterocycles. The predicted octanol–water partition coefficient (Wildman–Crippen LogP) is 2.39. The molecular weight excluding hydrogens is 133 g/mol. The van der Waals surface area contributed by atoms with Crippen LogP contribution < -0.4 is 0 Å². The molecule has 44 valence electrons. The summed E-state index contributed by atoms with van der Waals surface area (Å²) in [5, 5.41) is 0. The van der Waals surface area contributed by atoms with Gasteiger partial charge in [0.25, 0.3) is 0 Å². The van der Waals surface area contributed by atoms with Crippen molar-refractivity contribution in [1.82, 2.24) is 3.94 Å². The van der Waals surface area contributed by atoms with E-state index < -0.39 is 0 Å². The van der Waals surface area contributed by atoms with E-state index in [9.17, 15) is 0 Å². The normalized spacial score (nSPS) is 12.9. The Morgan fingerprint density at radius 2 is 1.29 bits per heavy atom. The largest absolute Gasteiger partial charge is 0.126 e. The topological polar surface area (TPSA) is 3.24 Å². The van der Waals surface area contributed by atoms with E-state index in [1.165, 1.54) is 0 Å². The van der Waals surface area contributed by atoms with Crippen molar-refractivity contribution in [2.75, 3.05) is 0 Å². The highest BCUT2D eigenvalue weighted by Crippen LogP contribution is 2.17. The van der Waals surface area contributed by atoms with Crippen molar-refractivity contribution in [3.05, 3.63) is 0 Å². The van der Waals surface area contributed by atoms with Crippen molar-refractivity contribution >= 4 is 23.6 Å². The van der Waals surface area contributed by atoms with Crippen molar-refractivity contribution < 1.29 is 0 Å². The van der Waals surface area contributed by atoms with Crippen LogP contribution in [0.4, 0.5) is 0 Å². The molecular formula is C4H9Cl2N. The van der Waals surface area contributed by atoms with Gasteiger partial charge in [0, 0.05) is 5.54 Å². The second-order valence-corrected chi connectivity index (χ2v) is 3.25. The van der Waals surface area contributed by atoms with Gasteiger partial charge in [-0.05, 0) is 44.3 Å². The standard InChI is InChI=1S/C4H9Cl2N/c1-4(2,3)7(5)6/h1-3H3. The van der Waals surface area contributed by atoms with Crippen LogP contribution in [0.15, 0.2) is 0 Å². The Morgan fingerprint density at radius 3 is 1.29 bits per heavy atom. The highest BCUT2D eigenvalue weighted by atomic mass is 35.5. The van der Waals surface area contributed by atoms with Crippen molar-refractivity contribution in [2.45, 2.75) is 26.3 Å². The number of halogens is 2. The Kier molecular flexibility index (Phi) is 2.38. The first-order chi connectivity index (χ1) is 2.94. The molecule has 0 aliphatic rings. The molecule has 0 aliphatic heterocycles. The summed E-state index contributed by atoms with van der Waals surface area (Å²) >= 11 is 10.7. The van der Waals surface area contributed by atoms with E-state index in [0.717, 1.165) is 3.94 Å². The molecule has 1 nitrogen and oxygen atoms in total. The van der Waals surface area contributed by atoms with Gasteiger partial charge in [-0.2, -0.15) is 0 Å². The summed E-state index contributed by atoms with van der Waals surface area (Å²) in [5.74, 6) is 0. The second-order valence-electron chi connectivity index (χ2n) is 2.40. The molecule has 0 bridgehead atoms. The molecule has 0 atom stereocenters. The number of nitrogens with zero attached hydrogens (tertiary/aromatic N) is 1. The van der Waals surface area contributed by atoms with Gasteiger partial charge in [0.15, 0.2) is 0 Å². The van der Waals surface area contributed by atoms with Gasteiger partial charge in [-0.15, -0.1) is 3.94 Å². The van der Waals surface area contributed by atoms with E-state index in [1.807, 2.05) is 20.8 Å². The van der Waals surface area contributed by atoms with Crippen molar-refractivity contribution in [3.8, 4) is 0 Å². The average molecular weight is 142 g/mol. The first-order valence-electron chi connectivity index (χ1n) is 2.06. The average Bonchev–Trinajstić information content (AvgIpc) is 1.31. The summed E-state index contributed by atoms with van der Waals surface area (Å²) in [6.07, 6.45) is 0. The maximum absolute atomic E-state index is 5.35. The van der Waals surface area contributed by atoms with E-state index in [0.29, 0.717) is 0 Å². The molecule has 0 N–H and O–H groups in total. The minimum absolute atomic E-state index is 0.136. The van der Waals surface area contributed by atoms with Crippen molar-refractivity contribution in [3.63, 3.8) is 0 Å². The molecule has 0 aromatic carbocycles. The third-order valence-electron chi connectivity index (χ3n) is 0.507. The molecule has 7 heavy (non-hydrogen) atoms. The lowest BCUT2D eigenvalue weighted by Gasteiger charge is -2.20. The SMILES string of the molecule is CC(C)(C)N(Cl)Cl. The third-order valence-corrected chi connectivity index (χ3v) is 1.52. The number of hydrogen-bond acceptors (Lipinski definition) is 1. The quantitative estimate of drug-likeness (QED) is 0.469. The summed E-state index contributed by atoms with van der Waals surface area (Å²) in [6.45, 7) is 5.77. The summed E-state index contributed by atoms with van der Waals surface area (Å²) in [5.41, 5.74) is -0.136. The summed E-state index contributed by atoms with van der Waals surface area (Å²) in [6, 6.07) is 0. The molecule has 0 unspecified atom stereocenters. The third kappa shape index (κ3) is 3.15. The van der Waals surface area contributed by atoms with E-state index in [-0.39, 0.29) is 5.54 Å². The van der Waals surface area contributed by atoms with E-state index >= 15 is 0 Å². The van der Waals surface area contributed by atoms with Gasteiger partial charge in [-0.3, -0.25) is 0 Å². The van der Waals surface area contributed by atoms with Crippen LogP contribution in [0.5, 0.6) is 0 Å². The van der Waals surface area contributed by atoms with Crippen LogP contribution in [0, 0.1) is 0 Å². The zero-order chi connectivity index (χ0) is 6.08. The van der Waals surface area contributed by atoms with Gasteiger partial charge in [0.05, 0.1) is 0 Å². The van der Waals surface area contributed by atoms with Gasteiger partial charge in [-0.1, -0.05) is 0 Å². The van der Waals surface area contributed by atoms with Crippen LogP contribution in [0.25, 0.3) is 0 Å². The molecule has 0 aromatic rings. The molecule has 3 heteroatoms. The Bertz CT molecular complexity index is 55.2. The lowest BCUT2D eigenvalue weighted by molar-refractivity contribution is 0.391. The minimum Gasteiger partial charge on any atom is -0.126 e. The highest BCUT2D eigenvalue weighted by Gasteiger charge is 2.15. The predicted molar refractivity (Wildman–Crippen MR) is 33.3 cm³/mol. The van der Waals surface area contributed by atoms with E-state index in [1.54, 1.807) is 0 Å². The molecule has 0 radical (unpaired) electrons. The fourth-order valence-electron chi connectivity index (χ4n) is 0. The zero-order valence-electron chi connectivity index (χ0n) is 4.70. The summed E-state index contributed by atoms with van der Waals surface area (Å²) in [7, 11) is 0. The molecule has 0 saturated heterocycles. The summed E-state index contributed by atoms with van der Waals surface area (Å²) < 4.78 is 1.13. The number of rotatable bonds is 0. The fraction of sp³-hybridized carbons (Fsp3) is 1.00. The van der Waals surface area contributed by atoms with Crippen LogP contribution in [-0.4, -0.2) is 9.48 Å². The maximum Gasteiger partial charge on any atom is 0.0442 e. The van der Waals surface area contributed by atoms with Gasteiger partial charge in [0.1, 0.15) is 0 Å². The van der Waals surface area contributed by atoms with Crippen LogP contribution >= 0.6 is 23.6 Å². The first-order valence-corrected chi connectivity index (χ1v) is 2.74. The molecule has 0 amide bonds. The molecule has 0 fully saturated rings. The fourth-order valence-corrected chi connectivity index (χ4v) is 0. The van der Waals surface area contributed by atoms with Crippen LogP contribution in [-0.2, 0) is 0 Å². The smallest absolute Gasteiger partial charge is 0.0442 e. The monoisotopic (exact) mass is 141 g/mol. The van der Waals surface area contributed by atoms with Crippen LogP contribution in [0.2, 0.25) is 0 Å². The van der Waals surface area contributed by atoms with Crippen LogP contribution in [0.1, 0.15) is 20.8 Å². The molecule has 0 saturated carbocycles. The molecule has 0 aromatic heterocycles. The van der Waals surface area contributed by atoms with Gasteiger partial charge in [0.2, 0.25) is 0 Å². The van der Waals surface area contributed by atoms with E-state index in [2.05, 4.69) is 0 Å². The molecule has 0 aliphatic carbocycles. The molecule has 0 spiro atoms. The van der Waals surface area contributed by atoms with Gasteiger partial charge >= 0.3 is 0 Å². The lowest BCUT2D eigenvalue weighted by atomic mass is 10.1. The highest BCUT2D eigenvalue weighted by molar-refractivity contribution is 6.34. The second kappa shape index (κ2) is 2.21. The Morgan fingerprint density at radius 1 is 1.14 bits per heavy atom. The van der Waals surface area contributed by atoms with Crippen LogP contribution in [0.3, 0.4) is 0 Å². The van der Waals surface area contributed by atoms with Gasteiger partial charge in [-0.25, -0.2) is 0 Å².